The fourth-order valence-corrected chi connectivity index (χ4v) is 3.06. The van der Waals surface area contributed by atoms with E-state index in [0.717, 1.165) is 5.56 Å². The quantitative estimate of drug-likeness (QED) is 0.726. The van der Waals surface area contributed by atoms with Gasteiger partial charge in [0.2, 0.25) is 5.24 Å². The van der Waals surface area contributed by atoms with E-state index in [4.69, 9.17) is 11.6 Å². The Morgan fingerprint density at radius 3 is 2.22 bits per heavy atom. The second-order valence-electron chi connectivity index (χ2n) is 6.68. The summed E-state index contributed by atoms with van der Waals surface area (Å²) in [6.07, 6.45) is 2.72. The monoisotopic (exact) mass is 264 g/mol. The maximum atomic E-state index is 11.0. The maximum Gasteiger partial charge on any atom is 0.226 e. The molecule has 18 heavy (non-hydrogen) atoms. The fourth-order valence-electron chi connectivity index (χ4n) is 2.91. The summed E-state index contributed by atoms with van der Waals surface area (Å²) in [7, 11) is 0. The molecule has 0 N–H and O–H groups in total. The molecule has 98 valence electrons. The Morgan fingerprint density at radius 2 is 1.67 bits per heavy atom. The molecular formula is C16H21ClO. The van der Waals surface area contributed by atoms with Crippen LogP contribution in [0, 0.1) is 0 Å². The van der Waals surface area contributed by atoms with Crippen molar-refractivity contribution < 1.29 is 4.79 Å². The van der Waals surface area contributed by atoms with Gasteiger partial charge in [0.25, 0.3) is 0 Å². The number of benzene rings is 1. The average Bonchev–Trinajstić information content (AvgIpc) is 2.24. The number of halogens is 1. The summed E-state index contributed by atoms with van der Waals surface area (Å²) in [5, 5.41) is -0.289. The van der Waals surface area contributed by atoms with Crippen LogP contribution in [0.25, 0.3) is 0 Å². The lowest BCUT2D eigenvalue weighted by Crippen LogP contribution is -2.33. The smallest absolute Gasteiger partial charge is 0.226 e. The largest absolute Gasteiger partial charge is 0.281 e. The number of hydrogen-bond acceptors (Lipinski definition) is 1. The first kappa shape index (κ1) is 13.6. The highest BCUT2D eigenvalue weighted by Gasteiger charge is 2.36. The highest BCUT2D eigenvalue weighted by molar-refractivity contribution is 6.63. The second-order valence-corrected chi connectivity index (χ2v) is 7.10. The maximum absolute atomic E-state index is 11.0. The molecule has 0 amide bonds. The molecule has 0 spiro atoms. The van der Waals surface area contributed by atoms with E-state index in [0.29, 0.717) is 6.42 Å². The van der Waals surface area contributed by atoms with Crippen LogP contribution in [0.5, 0.6) is 0 Å². The summed E-state index contributed by atoms with van der Waals surface area (Å²) < 4.78 is 0. The second kappa shape index (κ2) is 4.38. The summed E-state index contributed by atoms with van der Waals surface area (Å²) >= 11 is 5.48. The van der Waals surface area contributed by atoms with E-state index in [1.807, 2.05) is 6.07 Å². The topological polar surface area (TPSA) is 17.1 Å². The Morgan fingerprint density at radius 1 is 1.11 bits per heavy atom. The van der Waals surface area contributed by atoms with Gasteiger partial charge in [0.15, 0.2) is 0 Å². The first-order valence-corrected chi connectivity index (χ1v) is 6.92. The standard InChI is InChI=1S/C16H21ClO/c1-15(2)7-8-16(3,4)13-9-11(10-14(17)18)5-6-12(13)15/h5-6,9H,7-8,10H2,1-4H3. The van der Waals surface area contributed by atoms with Crippen LogP contribution < -0.4 is 0 Å². The molecule has 1 nitrogen and oxygen atoms in total. The molecule has 0 heterocycles. The molecule has 0 radical (unpaired) electrons. The van der Waals surface area contributed by atoms with Crippen LogP contribution in [0.15, 0.2) is 18.2 Å². The molecular weight excluding hydrogens is 244 g/mol. The molecule has 0 aromatic heterocycles. The van der Waals surface area contributed by atoms with Gasteiger partial charge < -0.3 is 0 Å². The molecule has 0 fully saturated rings. The molecule has 0 saturated heterocycles. The van der Waals surface area contributed by atoms with Crippen LogP contribution in [0.2, 0.25) is 0 Å². The Hall–Kier alpha value is -0.820. The van der Waals surface area contributed by atoms with Crippen molar-refractivity contribution in [1.29, 1.82) is 0 Å². The summed E-state index contributed by atoms with van der Waals surface area (Å²) in [6.45, 7) is 9.17. The Labute approximate surface area is 115 Å². The summed E-state index contributed by atoms with van der Waals surface area (Å²) in [5.41, 5.74) is 4.25. The number of rotatable bonds is 2. The lowest BCUT2D eigenvalue weighted by molar-refractivity contribution is -0.111. The zero-order valence-electron chi connectivity index (χ0n) is 11.6. The first-order valence-electron chi connectivity index (χ1n) is 6.55. The molecule has 0 aliphatic heterocycles. The van der Waals surface area contributed by atoms with Crippen molar-refractivity contribution in [2.45, 2.75) is 57.8 Å². The van der Waals surface area contributed by atoms with Crippen molar-refractivity contribution in [3.05, 3.63) is 34.9 Å². The minimum Gasteiger partial charge on any atom is -0.281 e. The summed E-state index contributed by atoms with van der Waals surface area (Å²) in [5.74, 6) is 0. The van der Waals surface area contributed by atoms with E-state index >= 15 is 0 Å². The van der Waals surface area contributed by atoms with Gasteiger partial charge in [-0.15, -0.1) is 0 Å². The van der Waals surface area contributed by atoms with Crippen LogP contribution in [0.4, 0.5) is 0 Å². The zero-order valence-corrected chi connectivity index (χ0v) is 12.4. The van der Waals surface area contributed by atoms with Crippen LogP contribution >= 0.6 is 11.6 Å². The Kier molecular flexibility index (Phi) is 3.31. The van der Waals surface area contributed by atoms with Crippen molar-refractivity contribution in [3.63, 3.8) is 0 Å². The molecule has 2 rings (SSSR count). The third kappa shape index (κ3) is 2.47. The highest BCUT2D eigenvalue weighted by atomic mass is 35.5. The van der Waals surface area contributed by atoms with Crippen molar-refractivity contribution in [2.24, 2.45) is 0 Å². The molecule has 1 aromatic rings. The predicted molar refractivity (Wildman–Crippen MR) is 76.3 cm³/mol. The van der Waals surface area contributed by atoms with E-state index in [9.17, 15) is 4.79 Å². The van der Waals surface area contributed by atoms with Gasteiger partial charge in [-0.3, -0.25) is 4.79 Å². The zero-order chi connectivity index (χ0) is 13.6. The lowest BCUT2D eigenvalue weighted by atomic mass is 9.63. The molecule has 1 aromatic carbocycles. The molecule has 0 atom stereocenters. The normalized spacial score (nSPS) is 20.3. The third-order valence-corrected chi connectivity index (χ3v) is 4.39. The van der Waals surface area contributed by atoms with E-state index in [1.165, 1.54) is 24.0 Å². The van der Waals surface area contributed by atoms with Gasteiger partial charge in [-0.1, -0.05) is 45.9 Å². The van der Waals surface area contributed by atoms with Crippen molar-refractivity contribution in [1.82, 2.24) is 0 Å². The van der Waals surface area contributed by atoms with Gasteiger partial charge >= 0.3 is 0 Å². The molecule has 2 heteroatoms. The minimum absolute atomic E-state index is 0.191. The van der Waals surface area contributed by atoms with Crippen LogP contribution in [0.3, 0.4) is 0 Å². The number of fused-ring (bicyclic) bond motifs is 1. The van der Waals surface area contributed by atoms with E-state index in [-0.39, 0.29) is 16.1 Å². The molecule has 1 aliphatic rings. The molecule has 1 aliphatic carbocycles. The van der Waals surface area contributed by atoms with E-state index < -0.39 is 0 Å². The van der Waals surface area contributed by atoms with Gasteiger partial charge in [0.1, 0.15) is 0 Å². The lowest BCUT2D eigenvalue weighted by Gasteiger charge is -2.42. The Balaban J connectivity index is 2.51. The van der Waals surface area contributed by atoms with E-state index in [1.54, 1.807) is 0 Å². The average molecular weight is 265 g/mol. The van der Waals surface area contributed by atoms with Crippen LogP contribution in [-0.4, -0.2) is 5.24 Å². The van der Waals surface area contributed by atoms with Gasteiger partial charge in [-0.25, -0.2) is 0 Å². The summed E-state index contributed by atoms with van der Waals surface area (Å²) in [6, 6.07) is 6.41. The number of carbonyl (C=O) groups excluding carboxylic acids is 1. The number of carbonyl (C=O) groups is 1. The highest BCUT2D eigenvalue weighted by Crippen LogP contribution is 2.45. The van der Waals surface area contributed by atoms with Crippen molar-refractivity contribution in [3.8, 4) is 0 Å². The van der Waals surface area contributed by atoms with Crippen molar-refractivity contribution in [2.75, 3.05) is 0 Å². The van der Waals surface area contributed by atoms with Crippen LogP contribution in [-0.2, 0) is 22.0 Å². The van der Waals surface area contributed by atoms with Crippen molar-refractivity contribution >= 4 is 16.8 Å². The van der Waals surface area contributed by atoms with Crippen LogP contribution in [0.1, 0.15) is 57.2 Å². The molecule has 0 unspecified atom stereocenters. The van der Waals surface area contributed by atoms with Gasteiger partial charge in [-0.05, 0) is 52.0 Å². The molecule has 0 bridgehead atoms. The molecule has 0 saturated carbocycles. The Bertz CT molecular complexity index is 486. The van der Waals surface area contributed by atoms with E-state index in [2.05, 4.69) is 39.8 Å². The number of hydrogen-bond donors (Lipinski definition) is 0. The minimum atomic E-state index is -0.289. The summed E-state index contributed by atoms with van der Waals surface area (Å²) in [4.78, 5) is 11.0. The first-order chi connectivity index (χ1) is 8.22. The van der Waals surface area contributed by atoms with Gasteiger partial charge in [0.05, 0.1) is 0 Å². The van der Waals surface area contributed by atoms with Gasteiger partial charge in [0, 0.05) is 6.42 Å². The fraction of sp³-hybridized carbons (Fsp3) is 0.562. The predicted octanol–water partition coefficient (Wildman–Crippen LogP) is 4.34. The third-order valence-electron chi connectivity index (χ3n) is 4.26. The SMILES string of the molecule is CC1(C)CCC(C)(C)c2cc(CC(=O)Cl)ccc21. The van der Waals surface area contributed by atoms with Gasteiger partial charge in [-0.2, -0.15) is 0 Å².